The van der Waals surface area contributed by atoms with Gasteiger partial charge in [-0.25, -0.2) is 13.4 Å². The van der Waals surface area contributed by atoms with Crippen molar-refractivity contribution in [1.82, 2.24) is 9.88 Å². The van der Waals surface area contributed by atoms with Gasteiger partial charge in [0.1, 0.15) is 5.75 Å². The van der Waals surface area contributed by atoms with E-state index in [1.54, 1.807) is 12.1 Å². The lowest BCUT2D eigenvalue weighted by Gasteiger charge is -2.26. The lowest BCUT2D eigenvalue weighted by molar-refractivity contribution is 0.0358. The second-order valence-corrected chi connectivity index (χ2v) is 8.22. The first-order valence-electron chi connectivity index (χ1n) is 9.11. The van der Waals surface area contributed by atoms with E-state index < -0.39 is 15.8 Å². The van der Waals surface area contributed by atoms with Gasteiger partial charge in [0.05, 0.1) is 24.7 Å². The Labute approximate surface area is 164 Å². The molecule has 1 aliphatic rings. The van der Waals surface area contributed by atoms with Gasteiger partial charge in [-0.3, -0.25) is 4.90 Å². The lowest BCUT2D eigenvalue weighted by Crippen LogP contribution is -2.37. The number of aromatic nitrogens is 1. The summed E-state index contributed by atoms with van der Waals surface area (Å²) in [5.74, 6) is 0.0215. The standard InChI is InChI=1S/C20H23FN2O4S/c21-20-7-2-17(16-22-20)8-15-28(24,25)19-5-3-18(4-6-19)27-12-1-9-23-10-13-26-14-11-23/h2-8,15-16H,1,9-14H2. The molecule has 6 nitrogen and oxygen atoms in total. The molecular formula is C20H23FN2O4S. The minimum absolute atomic E-state index is 0.166. The van der Waals surface area contributed by atoms with Gasteiger partial charge in [-0.1, -0.05) is 0 Å². The third kappa shape index (κ3) is 6.12. The Balaban J connectivity index is 1.50. The Morgan fingerprint density at radius 3 is 2.57 bits per heavy atom. The van der Waals surface area contributed by atoms with Crippen LogP contribution in [0.2, 0.25) is 0 Å². The first-order chi connectivity index (χ1) is 13.5. The van der Waals surface area contributed by atoms with Crippen molar-refractivity contribution >= 4 is 15.9 Å². The van der Waals surface area contributed by atoms with E-state index in [2.05, 4.69) is 9.88 Å². The number of rotatable bonds is 8. The Morgan fingerprint density at radius 1 is 1.14 bits per heavy atom. The van der Waals surface area contributed by atoms with Crippen LogP contribution in [-0.2, 0) is 14.6 Å². The zero-order valence-electron chi connectivity index (χ0n) is 15.5. The average Bonchev–Trinajstić information content (AvgIpc) is 2.72. The maximum Gasteiger partial charge on any atom is 0.212 e. The molecule has 150 valence electrons. The summed E-state index contributed by atoms with van der Waals surface area (Å²) in [6, 6.07) is 8.96. The fraction of sp³-hybridized carbons (Fsp3) is 0.350. The first kappa shape index (κ1) is 20.4. The van der Waals surface area contributed by atoms with Crippen LogP contribution in [0.3, 0.4) is 0 Å². The second kappa shape index (κ2) is 9.77. The Bertz CT molecular complexity index is 877. The third-order valence-corrected chi connectivity index (χ3v) is 5.76. The summed E-state index contributed by atoms with van der Waals surface area (Å²) < 4.78 is 48.6. The summed E-state index contributed by atoms with van der Waals surface area (Å²) in [6.45, 7) is 4.99. The van der Waals surface area contributed by atoms with E-state index in [4.69, 9.17) is 9.47 Å². The van der Waals surface area contributed by atoms with Gasteiger partial charge < -0.3 is 9.47 Å². The first-order valence-corrected chi connectivity index (χ1v) is 10.7. The summed E-state index contributed by atoms with van der Waals surface area (Å²) in [5.41, 5.74) is 0.505. The molecule has 1 aliphatic heterocycles. The molecule has 2 aromatic rings. The Morgan fingerprint density at radius 2 is 1.89 bits per heavy atom. The second-order valence-electron chi connectivity index (χ2n) is 6.39. The zero-order chi connectivity index (χ0) is 19.8. The highest BCUT2D eigenvalue weighted by Crippen LogP contribution is 2.19. The van der Waals surface area contributed by atoms with Crippen LogP contribution in [0.4, 0.5) is 4.39 Å². The number of sulfone groups is 1. The minimum atomic E-state index is -3.60. The molecule has 1 saturated heterocycles. The summed E-state index contributed by atoms with van der Waals surface area (Å²) in [7, 11) is -3.60. The Kier molecular flexibility index (Phi) is 7.13. The van der Waals surface area contributed by atoms with Crippen molar-refractivity contribution in [2.45, 2.75) is 11.3 Å². The van der Waals surface area contributed by atoms with E-state index in [1.165, 1.54) is 36.5 Å². The normalized spacial score (nSPS) is 15.8. The Hall–Kier alpha value is -2.29. The van der Waals surface area contributed by atoms with Gasteiger partial charge in [0.2, 0.25) is 5.95 Å². The van der Waals surface area contributed by atoms with E-state index >= 15 is 0 Å². The van der Waals surface area contributed by atoms with E-state index in [0.717, 1.165) is 44.7 Å². The highest BCUT2D eigenvalue weighted by Gasteiger charge is 2.11. The molecular weight excluding hydrogens is 383 g/mol. The smallest absolute Gasteiger partial charge is 0.212 e. The average molecular weight is 406 g/mol. The van der Waals surface area contributed by atoms with Crippen molar-refractivity contribution in [3.05, 3.63) is 59.5 Å². The number of morpholine rings is 1. The van der Waals surface area contributed by atoms with Gasteiger partial charge in [0, 0.05) is 31.2 Å². The predicted molar refractivity (Wildman–Crippen MR) is 104 cm³/mol. The molecule has 1 fully saturated rings. The molecule has 0 unspecified atom stereocenters. The summed E-state index contributed by atoms with van der Waals surface area (Å²) in [6.07, 6.45) is 3.56. The van der Waals surface area contributed by atoms with Crippen LogP contribution in [0, 0.1) is 5.95 Å². The number of nitrogens with zero attached hydrogens (tertiary/aromatic N) is 2. The lowest BCUT2D eigenvalue weighted by atomic mass is 10.3. The topological polar surface area (TPSA) is 68.7 Å². The van der Waals surface area contributed by atoms with E-state index in [9.17, 15) is 12.8 Å². The summed E-state index contributed by atoms with van der Waals surface area (Å²) in [4.78, 5) is 6.00. The quantitative estimate of drug-likeness (QED) is 0.496. The van der Waals surface area contributed by atoms with Crippen molar-refractivity contribution in [2.24, 2.45) is 0 Å². The highest BCUT2D eigenvalue weighted by atomic mass is 32.2. The van der Waals surface area contributed by atoms with Crippen LogP contribution in [-0.4, -0.2) is 57.8 Å². The minimum Gasteiger partial charge on any atom is -0.494 e. The van der Waals surface area contributed by atoms with Gasteiger partial charge in [0.25, 0.3) is 0 Å². The van der Waals surface area contributed by atoms with Crippen LogP contribution in [0.5, 0.6) is 5.75 Å². The van der Waals surface area contributed by atoms with Crippen LogP contribution >= 0.6 is 0 Å². The van der Waals surface area contributed by atoms with Gasteiger partial charge in [0.15, 0.2) is 9.84 Å². The van der Waals surface area contributed by atoms with Crippen molar-refractivity contribution in [1.29, 1.82) is 0 Å². The van der Waals surface area contributed by atoms with Crippen LogP contribution in [0.15, 0.2) is 52.9 Å². The fourth-order valence-corrected chi connectivity index (χ4v) is 3.77. The van der Waals surface area contributed by atoms with E-state index in [0.29, 0.717) is 17.9 Å². The van der Waals surface area contributed by atoms with Crippen molar-refractivity contribution in [3.63, 3.8) is 0 Å². The number of ether oxygens (including phenoxy) is 2. The number of benzene rings is 1. The summed E-state index contributed by atoms with van der Waals surface area (Å²) in [5, 5.41) is 1.08. The van der Waals surface area contributed by atoms with Crippen molar-refractivity contribution < 1.29 is 22.3 Å². The fourth-order valence-electron chi connectivity index (χ4n) is 2.76. The van der Waals surface area contributed by atoms with E-state index in [-0.39, 0.29) is 4.90 Å². The third-order valence-electron chi connectivity index (χ3n) is 4.33. The molecule has 0 atom stereocenters. The maximum atomic E-state index is 12.8. The van der Waals surface area contributed by atoms with Crippen LogP contribution in [0.1, 0.15) is 12.0 Å². The van der Waals surface area contributed by atoms with Crippen LogP contribution < -0.4 is 4.74 Å². The molecule has 0 radical (unpaired) electrons. The van der Waals surface area contributed by atoms with Gasteiger partial charge in [-0.2, -0.15) is 4.39 Å². The predicted octanol–water partition coefficient (Wildman–Crippen LogP) is 2.77. The van der Waals surface area contributed by atoms with Crippen molar-refractivity contribution in [2.75, 3.05) is 39.5 Å². The largest absolute Gasteiger partial charge is 0.494 e. The molecule has 0 spiro atoms. The number of hydrogen-bond acceptors (Lipinski definition) is 6. The highest BCUT2D eigenvalue weighted by molar-refractivity contribution is 7.94. The molecule has 28 heavy (non-hydrogen) atoms. The summed E-state index contributed by atoms with van der Waals surface area (Å²) >= 11 is 0. The molecule has 8 heteroatoms. The molecule has 3 rings (SSSR count). The monoisotopic (exact) mass is 406 g/mol. The molecule has 0 aliphatic carbocycles. The molecule has 2 heterocycles. The molecule has 0 amide bonds. The molecule has 0 N–H and O–H groups in total. The molecule has 0 bridgehead atoms. The van der Waals surface area contributed by atoms with Gasteiger partial charge in [-0.15, -0.1) is 0 Å². The van der Waals surface area contributed by atoms with Gasteiger partial charge in [-0.05, 0) is 54.5 Å². The molecule has 1 aromatic carbocycles. The van der Waals surface area contributed by atoms with Crippen molar-refractivity contribution in [3.8, 4) is 5.75 Å². The number of hydrogen-bond donors (Lipinski definition) is 0. The number of halogens is 1. The molecule has 1 aromatic heterocycles. The maximum absolute atomic E-state index is 12.8. The van der Waals surface area contributed by atoms with Crippen LogP contribution in [0.25, 0.3) is 6.08 Å². The van der Waals surface area contributed by atoms with E-state index in [1.807, 2.05) is 0 Å². The SMILES string of the molecule is O=S(=O)(C=Cc1ccc(F)nc1)c1ccc(OCCCN2CCOCC2)cc1. The molecule has 0 saturated carbocycles. The van der Waals surface area contributed by atoms with Gasteiger partial charge >= 0.3 is 0 Å². The zero-order valence-corrected chi connectivity index (χ0v) is 16.3. The number of pyridine rings is 1.